The first-order valence-corrected chi connectivity index (χ1v) is 11.0. The van der Waals surface area contributed by atoms with Crippen LogP contribution in [-0.4, -0.2) is 25.2 Å². The summed E-state index contributed by atoms with van der Waals surface area (Å²) in [5.74, 6) is -0.340. The van der Waals surface area contributed by atoms with Gasteiger partial charge in [0.05, 0.1) is 24.3 Å². The molecule has 0 heterocycles. The maximum Gasteiger partial charge on any atom is 0.338 e. The van der Waals surface area contributed by atoms with E-state index in [0.29, 0.717) is 30.3 Å². The summed E-state index contributed by atoms with van der Waals surface area (Å²) in [5, 5.41) is 0. The monoisotopic (exact) mass is 390 g/mol. The summed E-state index contributed by atoms with van der Waals surface area (Å²) in [5.41, 5.74) is 0.924. The Balaban J connectivity index is 2.18. The SMILES string of the molecule is CCCCCCCCCCCOC(=O)c1ccc(C(=O)OCC(C)CC)cc1. The standard InChI is InChI=1S/C24H38O4/c1-4-6-7-8-9-10-11-12-13-18-27-23(25)21-14-16-22(17-15-21)24(26)28-19-20(3)5-2/h14-17,20H,4-13,18-19H2,1-3H3. The van der Waals surface area contributed by atoms with Crippen LogP contribution in [0.15, 0.2) is 24.3 Å². The van der Waals surface area contributed by atoms with Crippen molar-refractivity contribution in [2.24, 2.45) is 5.92 Å². The summed E-state index contributed by atoms with van der Waals surface area (Å²) >= 11 is 0. The van der Waals surface area contributed by atoms with Gasteiger partial charge in [0.2, 0.25) is 0 Å². The molecule has 0 aliphatic rings. The molecule has 0 amide bonds. The zero-order chi connectivity index (χ0) is 20.6. The van der Waals surface area contributed by atoms with Crippen LogP contribution >= 0.6 is 0 Å². The van der Waals surface area contributed by atoms with E-state index < -0.39 is 0 Å². The van der Waals surface area contributed by atoms with E-state index in [9.17, 15) is 9.59 Å². The molecule has 0 spiro atoms. The molecule has 0 radical (unpaired) electrons. The van der Waals surface area contributed by atoms with Gasteiger partial charge in [-0.15, -0.1) is 0 Å². The highest BCUT2D eigenvalue weighted by Gasteiger charge is 2.12. The maximum atomic E-state index is 12.1. The van der Waals surface area contributed by atoms with E-state index in [-0.39, 0.29) is 11.9 Å². The molecule has 158 valence electrons. The molecule has 0 saturated carbocycles. The number of esters is 2. The lowest BCUT2D eigenvalue weighted by molar-refractivity contribution is 0.0443. The molecule has 1 unspecified atom stereocenters. The van der Waals surface area contributed by atoms with Gasteiger partial charge in [-0.3, -0.25) is 0 Å². The van der Waals surface area contributed by atoms with Gasteiger partial charge in [0, 0.05) is 0 Å². The number of unbranched alkanes of at least 4 members (excludes halogenated alkanes) is 8. The van der Waals surface area contributed by atoms with Gasteiger partial charge < -0.3 is 9.47 Å². The van der Waals surface area contributed by atoms with E-state index in [4.69, 9.17) is 9.47 Å². The number of rotatable bonds is 15. The molecule has 4 nitrogen and oxygen atoms in total. The second-order valence-corrected chi connectivity index (χ2v) is 7.65. The van der Waals surface area contributed by atoms with E-state index in [1.165, 1.54) is 44.9 Å². The molecule has 0 aliphatic carbocycles. The number of hydrogen-bond donors (Lipinski definition) is 0. The Hall–Kier alpha value is -1.84. The Labute approximate surface area is 171 Å². The zero-order valence-electron chi connectivity index (χ0n) is 18.0. The van der Waals surface area contributed by atoms with Gasteiger partial charge in [-0.05, 0) is 36.6 Å². The quantitative estimate of drug-likeness (QED) is 0.251. The molecule has 0 bridgehead atoms. The van der Waals surface area contributed by atoms with E-state index in [0.717, 1.165) is 19.3 Å². The van der Waals surface area contributed by atoms with Crippen LogP contribution in [0.4, 0.5) is 0 Å². The second kappa shape index (κ2) is 15.1. The van der Waals surface area contributed by atoms with Crippen LogP contribution < -0.4 is 0 Å². The van der Waals surface area contributed by atoms with Crippen LogP contribution in [0.25, 0.3) is 0 Å². The second-order valence-electron chi connectivity index (χ2n) is 7.65. The fourth-order valence-corrected chi connectivity index (χ4v) is 2.82. The zero-order valence-corrected chi connectivity index (χ0v) is 18.0. The molecule has 0 aliphatic heterocycles. The minimum Gasteiger partial charge on any atom is -0.462 e. The number of benzene rings is 1. The first kappa shape index (κ1) is 24.2. The molecule has 0 saturated heterocycles. The van der Waals surface area contributed by atoms with Gasteiger partial charge in [-0.2, -0.15) is 0 Å². The summed E-state index contributed by atoms with van der Waals surface area (Å²) < 4.78 is 10.6. The van der Waals surface area contributed by atoms with E-state index in [2.05, 4.69) is 13.8 Å². The topological polar surface area (TPSA) is 52.6 Å². The predicted octanol–water partition coefficient (Wildman–Crippen LogP) is 6.58. The molecule has 0 N–H and O–H groups in total. The van der Waals surface area contributed by atoms with Crippen LogP contribution in [0.1, 0.15) is 106 Å². The van der Waals surface area contributed by atoms with Gasteiger partial charge in [-0.25, -0.2) is 9.59 Å². The average Bonchev–Trinajstić information content (AvgIpc) is 2.73. The van der Waals surface area contributed by atoms with Gasteiger partial charge >= 0.3 is 11.9 Å². The molecule has 28 heavy (non-hydrogen) atoms. The molecule has 1 aromatic carbocycles. The van der Waals surface area contributed by atoms with Crippen molar-refractivity contribution in [3.05, 3.63) is 35.4 Å². The van der Waals surface area contributed by atoms with Gasteiger partial charge in [0.1, 0.15) is 0 Å². The van der Waals surface area contributed by atoms with E-state index in [1.807, 2.05) is 6.92 Å². The molecule has 1 aromatic rings. The fourth-order valence-electron chi connectivity index (χ4n) is 2.82. The number of ether oxygens (including phenoxy) is 2. The average molecular weight is 391 g/mol. The minimum atomic E-state index is -0.352. The van der Waals surface area contributed by atoms with Crippen LogP contribution in [0, 0.1) is 5.92 Å². The van der Waals surface area contributed by atoms with Crippen LogP contribution in [0.2, 0.25) is 0 Å². The summed E-state index contributed by atoms with van der Waals surface area (Å²) in [6, 6.07) is 6.49. The molecule has 0 aromatic heterocycles. The highest BCUT2D eigenvalue weighted by atomic mass is 16.5. The third kappa shape index (κ3) is 10.5. The Morgan fingerprint density at radius 1 is 0.750 bits per heavy atom. The van der Waals surface area contributed by atoms with Gasteiger partial charge in [0.15, 0.2) is 0 Å². The highest BCUT2D eigenvalue weighted by molar-refractivity contribution is 5.93. The lowest BCUT2D eigenvalue weighted by atomic mass is 10.1. The number of carbonyl (C=O) groups is 2. The molecular weight excluding hydrogens is 352 g/mol. The van der Waals surface area contributed by atoms with Crippen LogP contribution in [0.5, 0.6) is 0 Å². The normalized spacial score (nSPS) is 11.8. The molecular formula is C24H38O4. The van der Waals surface area contributed by atoms with Crippen molar-refractivity contribution in [3.63, 3.8) is 0 Å². The summed E-state index contributed by atoms with van der Waals surface area (Å²) in [6.45, 7) is 7.21. The smallest absolute Gasteiger partial charge is 0.338 e. The lowest BCUT2D eigenvalue weighted by Crippen LogP contribution is -2.12. The highest BCUT2D eigenvalue weighted by Crippen LogP contribution is 2.11. The number of carbonyl (C=O) groups excluding carboxylic acids is 2. The van der Waals surface area contributed by atoms with E-state index >= 15 is 0 Å². The Morgan fingerprint density at radius 2 is 1.21 bits per heavy atom. The molecule has 1 atom stereocenters. The van der Waals surface area contributed by atoms with Crippen molar-refractivity contribution in [2.45, 2.75) is 85.0 Å². The lowest BCUT2D eigenvalue weighted by Gasteiger charge is -2.10. The van der Waals surface area contributed by atoms with E-state index in [1.54, 1.807) is 24.3 Å². The third-order valence-corrected chi connectivity index (χ3v) is 5.03. The van der Waals surface area contributed by atoms with Crippen molar-refractivity contribution < 1.29 is 19.1 Å². The third-order valence-electron chi connectivity index (χ3n) is 5.03. The predicted molar refractivity (Wildman–Crippen MR) is 114 cm³/mol. The Morgan fingerprint density at radius 3 is 1.71 bits per heavy atom. The van der Waals surface area contributed by atoms with Crippen molar-refractivity contribution in [1.29, 1.82) is 0 Å². The minimum absolute atomic E-state index is 0.334. The Kier molecular flexibility index (Phi) is 13.1. The summed E-state index contributed by atoms with van der Waals surface area (Å²) in [4.78, 5) is 24.1. The van der Waals surface area contributed by atoms with Crippen molar-refractivity contribution in [1.82, 2.24) is 0 Å². The molecule has 0 fully saturated rings. The van der Waals surface area contributed by atoms with Crippen molar-refractivity contribution in [3.8, 4) is 0 Å². The van der Waals surface area contributed by atoms with Crippen molar-refractivity contribution >= 4 is 11.9 Å². The first-order chi connectivity index (χ1) is 13.6. The van der Waals surface area contributed by atoms with Gasteiger partial charge in [-0.1, -0.05) is 78.6 Å². The van der Waals surface area contributed by atoms with Crippen LogP contribution in [-0.2, 0) is 9.47 Å². The largest absolute Gasteiger partial charge is 0.462 e. The molecule has 4 heteroatoms. The first-order valence-electron chi connectivity index (χ1n) is 11.0. The van der Waals surface area contributed by atoms with Crippen LogP contribution in [0.3, 0.4) is 0 Å². The summed E-state index contributed by atoms with van der Waals surface area (Å²) in [7, 11) is 0. The Bertz CT molecular complexity index is 550. The fraction of sp³-hybridized carbons (Fsp3) is 0.667. The van der Waals surface area contributed by atoms with Crippen molar-refractivity contribution in [2.75, 3.05) is 13.2 Å². The number of hydrogen-bond acceptors (Lipinski definition) is 4. The summed E-state index contributed by atoms with van der Waals surface area (Å²) in [6.07, 6.45) is 12.1. The molecule has 1 rings (SSSR count). The van der Waals surface area contributed by atoms with Gasteiger partial charge in [0.25, 0.3) is 0 Å². The maximum absolute atomic E-state index is 12.1.